The lowest BCUT2D eigenvalue weighted by Gasteiger charge is -2.07. The molecule has 138 valence electrons. The van der Waals surface area contributed by atoms with Gasteiger partial charge in [-0.05, 0) is 35.4 Å². The highest BCUT2D eigenvalue weighted by molar-refractivity contribution is 5.83. The van der Waals surface area contributed by atoms with Gasteiger partial charge in [-0.2, -0.15) is 0 Å². The van der Waals surface area contributed by atoms with Crippen molar-refractivity contribution in [2.24, 2.45) is 0 Å². The summed E-state index contributed by atoms with van der Waals surface area (Å²) in [5.74, 6) is -0.582. The average molecular weight is 374 g/mol. The maximum atomic E-state index is 12.9. The summed E-state index contributed by atoms with van der Waals surface area (Å²) in [6.07, 6.45) is 1.42. The van der Waals surface area contributed by atoms with Gasteiger partial charge in [0.05, 0.1) is 17.4 Å². The minimum absolute atomic E-state index is 0.00914. The van der Waals surface area contributed by atoms with Gasteiger partial charge in [-0.15, -0.1) is 0 Å². The first-order chi connectivity index (χ1) is 13.6. The molecule has 4 rings (SSSR count). The van der Waals surface area contributed by atoms with Crippen molar-refractivity contribution in [1.82, 2.24) is 0 Å². The molecule has 0 aliphatic heterocycles. The minimum atomic E-state index is -0.491. The summed E-state index contributed by atoms with van der Waals surface area (Å²) < 4.78 is 23.9. The standard InChI is InChI=1S/C23H15FO4/c24-17-8-6-15(7-9-17)12-22(25)28-18-10-11-19-21(13-18)27-14-20(23(19)26)16-4-2-1-3-5-16/h1-11,13-14H,12H2. The third-order valence-electron chi connectivity index (χ3n) is 4.32. The highest BCUT2D eigenvalue weighted by Gasteiger charge is 2.12. The molecule has 0 bridgehead atoms. The predicted octanol–water partition coefficient (Wildman–Crippen LogP) is 4.75. The van der Waals surface area contributed by atoms with Crippen molar-refractivity contribution >= 4 is 16.9 Å². The molecule has 28 heavy (non-hydrogen) atoms. The van der Waals surface area contributed by atoms with Gasteiger partial charge >= 0.3 is 5.97 Å². The first kappa shape index (κ1) is 17.7. The number of benzene rings is 3. The third kappa shape index (κ3) is 3.69. The molecule has 0 unspecified atom stereocenters. The van der Waals surface area contributed by atoms with Crippen molar-refractivity contribution in [3.63, 3.8) is 0 Å². The molecule has 1 aromatic heterocycles. The first-order valence-electron chi connectivity index (χ1n) is 8.66. The largest absolute Gasteiger partial charge is 0.463 e. The van der Waals surface area contributed by atoms with Crippen molar-refractivity contribution in [3.8, 4) is 16.9 Å². The molecule has 0 fully saturated rings. The van der Waals surface area contributed by atoms with E-state index in [1.807, 2.05) is 30.3 Å². The highest BCUT2D eigenvalue weighted by Crippen LogP contribution is 2.23. The van der Waals surface area contributed by atoms with Gasteiger partial charge < -0.3 is 9.15 Å². The van der Waals surface area contributed by atoms with Crippen LogP contribution in [0.1, 0.15) is 5.56 Å². The Balaban J connectivity index is 1.57. The number of ether oxygens (including phenoxy) is 1. The van der Waals surface area contributed by atoms with Crippen LogP contribution < -0.4 is 10.2 Å². The molecule has 0 aliphatic carbocycles. The summed E-state index contributed by atoms with van der Waals surface area (Å²) in [4.78, 5) is 24.8. The van der Waals surface area contributed by atoms with Crippen LogP contribution >= 0.6 is 0 Å². The molecule has 5 heteroatoms. The van der Waals surface area contributed by atoms with E-state index in [0.29, 0.717) is 22.1 Å². The van der Waals surface area contributed by atoms with Crippen LogP contribution in [0.4, 0.5) is 4.39 Å². The van der Waals surface area contributed by atoms with Crippen LogP contribution in [-0.2, 0) is 11.2 Å². The van der Waals surface area contributed by atoms with Crippen molar-refractivity contribution in [1.29, 1.82) is 0 Å². The molecule has 0 saturated carbocycles. The molecular formula is C23H15FO4. The Morgan fingerprint density at radius 3 is 2.46 bits per heavy atom. The Hall–Kier alpha value is -3.73. The number of halogens is 1. The van der Waals surface area contributed by atoms with Crippen molar-refractivity contribution < 1.29 is 18.3 Å². The molecule has 0 N–H and O–H groups in total. The van der Waals surface area contributed by atoms with E-state index in [-0.39, 0.29) is 23.4 Å². The zero-order valence-corrected chi connectivity index (χ0v) is 14.7. The summed E-state index contributed by atoms with van der Waals surface area (Å²) in [5.41, 5.74) is 2.06. The van der Waals surface area contributed by atoms with Crippen LogP contribution in [0, 0.1) is 5.82 Å². The van der Waals surface area contributed by atoms with E-state index in [0.717, 1.165) is 5.56 Å². The lowest BCUT2D eigenvalue weighted by molar-refractivity contribution is -0.133. The second kappa shape index (κ2) is 7.48. The molecule has 4 aromatic rings. The minimum Gasteiger partial charge on any atom is -0.463 e. The molecule has 0 saturated heterocycles. The van der Waals surface area contributed by atoms with E-state index in [9.17, 15) is 14.0 Å². The van der Waals surface area contributed by atoms with Gasteiger partial charge in [-0.3, -0.25) is 9.59 Å². The summed E-state index contributed by atoms with van der Waals surface area (Å²) in [7, 11) is 0. The Morgan fingerprint density at radius 1 is 0.964 bits per heavy atom. The van der Waals surface area contributed by atoms with Crippen LogP contribution in [0.25, 0.3) is 22.1 Å². The van der Waals surface area contributed by atoms with E-state index in [2.05, 4.69) is 0 Å². The van der Waals surface area contributed by atoms with E-state index in [1.54, 1.807) is 12.1 Å². The molecule has 1 heterocycles. The highest BCUT2D eigenvalue weighted by atomic mass is 19.1. The van der Waals surface area contributed by atoms with Gasteiger partial charge in [0.25, 0.3) is 0 Å². The van der Waals surface area contributed by atoms with Gasteiger partial charge in [-0.25, -0.2) is 4.39 Å². The molecule has 0 atom stereocenters. The lowest BCUT2D eigenvalue weighted by Crippen LogP contribution is -2.11. The van der Waals surface area contributed by atoms with Gasteiger partial charge in [0.2, 0.25) is 0 Å². The molecule has 3 aromatic carbocycles. The number of hydrogen-bond donors (Lipinski definition) is 0. The molecule has 0 aliphatic rings. The normalized spacial score (nSPS) is 10.8. The van der Waals surface area contributed by atoms with Crippen LogP contribution in [-0.4, -0.2) is 5.97 Å². The summed E-state index contributed by atoms with van der Waals surface area (Å²) in [6.45, 7) is 0. The third-order valence-corrected chi connectivity index (χ3v) is 4.32. The smallest absolute Gasteiger partial charge is 0.315 e. The summed E-state index contributed by atoms with van der Waals surface area (Å²) in [5, 5.41) is 0.402. The van der Waals surface area contributed by atoms with Crippen LogP contribution in [0.3, 0.4) is 0 Å². The van der Waals surface area contributed by atoms with Crippen LogP contribution in [0.2, 0.25) is 0 Å². The maximum absolute atomic E-state index is 12.9. The van der Waals surface area contributed by atoms with E-state index < -0.39 is 5.97 Å². The van der Waals surface area contributed by atoms with E-state index in [1.165, 1.54) is 36.6 Å². The van der Waals surface area contributed by atoms with Crippen LogP contribution in [0.15, 0.2) is 88.3 Å². The topological polar surface area (TPSA) is 56.5 Å². The summed E-state index contributed by atoms with van der Waals surface area (Å²) in [6, 6.07) is 19.5. The predicted molar refractivity (Wildman–Crippen MR) is 104 cm³/mol. The Labute approximate surface area is 159 Å². The molecule has 4 nitrogen and oxygen atoms in total. The Kier molecular flexibility index (Phi) is 4.72. The van der Waals surface area contributed by atoms with Crippen molar-refractivity contribution in [2.45, 2.75) is 6.42 Å². The quantitative estimate of drug-likeness (QED) is 0.382. The fraction of sp³-hybridized carbons (Fsp3) is 0.0435. The number of rotatable bonds is 4. The molecule has 0 amide bonds. The van der Waals surface area contributed by atoms with Crippen molar-refractivity contribution in [3.05, 3.63) is 101 Å². The molecule has 0 spiro atoms. The van der Waals surface area contributed by atoms with E-state index in [4.69, 9.17) is 9.15 Å². The molecular weight excluding hydrogens is 359 g/mol. The number of esters is 1. The second-order valence-corrected chi connectivity index (χ2v) is 6.28. The fourth-order valence-electron chi connectivity index (χ4n) is 2.93. The lowest BCUT2D eigenvalue weighted by atomic mass is 10.1. The van der Waals surface area contributed by atoms with Gasteiger partial charge in [0, 0.05) is 6.07 Å². The Morgan fingerprint density at radius 2 is 1.71 bits per heavy atom. The van der Waals surface area contributed by atoms with Crippen LogP contribution in [0.5, 0.6) is 5.75 Å². The van der Waals surface area contributed by atoms with Crippen molar-refractivity contribution in [2.75, 3.05) is 0 Å². The maximum Gasteiger partial charge on any atom is 0.315 e. The number of carbonyl (C=O) groups excluding carboxylic acids is 1. The SMILES string of the molecule is O=C(Cc1ccc(F)cc1)Oc1ccc2c(=O)c(-c3ccccc3)coc2c1. The first-order valence-corrected chi connectivity index (χ1v) is 8.66. The average Bonchev–Trinajstić information content (AvgIpc) is 2.70. The van der Waals surface area contributed by atoms with Gasteiger partial charge in [0.15, 0.2) is 5.43 Å². The fourth-order valence-corrected chi connectivity index (χ4v) is 2.93. The number of hydrogen-bond acceptors (Lipinski definition) is 4. The zero-order chi connectivity index (χ0) is 19.5. The Bertz CT molecular complexity index is 1190. The summed E-state index contributed by atoms with van der Waals surface area (Å²) >= 11 is 0. The monoisotopic (exact) mass is 374 g/mol. The second-order valence-electron chi connectivity index (χ2n) is 6.28. The zero-order valence-electron chi connectivity index (χ0n) is 14.7. The number of carbonyl (C=O) groups is 1. The van der Waals surface area contributed by atoms with Gasteiger partial charge in [0.1, 0.15) is 23.4 Å². The molecule has 0 radical (unpaired) electrons. The van der Waals surface area contributed by atoms with E-state index >= 15 is 0 Å². The number of fused-ring (bicyclic) bond motifs is 1. The van der Waals surface area contributed by atoms with Gasteiger partial charge in [-0.1, -0.05) is 42.5 Å².